The van der Waals surface area contributed by atoms with Crippen LogP contribution < -0.4 is 4.90 Å². The second-order valence-corrected chi connectivity index (χ2v) is 13.2. The molecule has 0 N–H and O–H groups in total. The van der Waals surface area contributed by atoms with Crippen LogP contribution in [-0.2, 0) is 0 Å². The molecule has 0 aliphatic heterocycles. The van der Waals surface area contributed by atoms with E-state index in [2.05, 4.69) is 211 Å². The molecule has 2 heteroatoms. The van der Waals surface area contributed by atoms with Crippen molar-refractivity contribution in [2.75, 3.05) is 4.90 Å². The molecule has 0 fully saturated rings. The van der Waals surface area contributed by atoms with Crippen LogP contribution in [0.1, 0.15) is 41.6 Å². The first kappa shape index (κ1) is 30.7. The fourth-order valence-corrected chi connectivity index (χ4v) is 8.06. The highest BCUT2D eigenvalue weighted by Crippen LogP contribution is 2.48. The lowest BCUT2D eigenvalue weighted by Gasteiger charge is -2.38. The van der Waals surface area contributed by atoms with Crippen LogP contribution in [0.5, 0.6) is 0 Å². The average molecular weight is 655 g/mol. The number of aromatic nitrogens is 1. The summed E-state index contributed by atoms with van der Waals surface area (Å²) in [6, 6.07) is 64.1. The monoisotopic (exact) mass is 654 g/mol. The van der Waals surface area contributed by atoms with Gasteiger partial charge >= 0.3 is 0 Å². The van der Waals surface area contributed by atoms with Gasteiger partial charge in [0.05, 0.1) is 17.1 Å². The van der Waals surface area contributed by atoms with E-state index in [0.717, 1.165) is 17.8 Å². The van der Waals surface area contributed by atoms with Crippen molar-refractivity contribution in [3.63, 3.8) is 0 Å². The number of nitrogens with zero attached hydrogens (tertiary/aromatic N) is 2. The van der Waals surface area contributed by atoms with Gasteiger partial charge in [0.25, 0.3) is 0 Å². The lowest BCUT2D eigenvalue weighted by Crippen LogP contribution is -2.27. The largest absolute Gasteiger partial charge is 0.333 e. The lowest BCUT2D eigenvalue weighted by atomic mass is 9.81. The van der Waals surface area contributed by atoms with Crippen LogP contribution in [0.25, 0.3) is 50.3 Å². The zero-order chi connectivity index (χ0) is 34.1. The van der Waals surface area contributed by atoms with Gasteiger partial charge in [-0.15, -0.1) is 0 Å². The Morgan fingerprint density at radius 3 is 2.04 bits per heavy atom. The van der Waals surface area contributed by atoms with Crippen molar-refractivity contribution < 1.29 is 0 Å². The molecule has 1 heterocycles. The molecule has 0 amide bonds. The van der Waals surface area contributed by atoms with E-state index in [9.17, 15) is 0 Å². The van der Waals surface area contributed by atoms with Crippen LogP contribution >= 0.6 is 0 Å². The van der Waals surface area contributed by atoms with Crippen LogP contribution in [0, 0.1) is 0 Å². The lowest BCUT2D eigenvalue weighted by molar-refractivity contribution is 0.700. The van der Waals surface area contributed by atoms with Crippen molar-refractivity contribution in [3.8, 4) is 16.8 Å². The third-order valence-corrected chi connectivity index (χ3v) is 10.3. The molecule has 8 aromatic rings. The van der Waals surface area contributed by atoms with E-state index in [1.807, 2.05) is 0 Å². The first-order valence-corrected chi connectivity index (χ1v) is 17.8. The predicted molar refractivity (Wildman–Crippen MR) is 217 cm³/mol. The second kappa shape index (κ2) is 13.2. The number of fused-ring (bicyclic) bond motifs is 4. The Balaban J connectivity index is 1.29. The summed E-state index contributed by atoms with van der Waals surface area (Å²) in [4.78, 5) is 2.60. The van der Waals surface area contributed by atoms with Crippen LogP contribution in [0.3, 0.4) is 0 Å². The molecule has 2 nitrogen and oxygen atoms in total. The van der Waals surface area contributed by atoms with E-state index in [1.54, 1.807) is 0 Å². The summed E-state index contributed by atoms with van der Waals surface area (Å²) in [5.41, 5.74) is 14.8. The smallest absolute Gasteiger partial charge is 0.0632 e. The molecule has 0 bridgehead atoms. The predicted octanol–water partition coefficient (Wildman–Crippen LogP) is 13.2. The quantitative estimate of drug-likeness (QED) is 0.166. The van der Waals surface area contributed by atoms with Crippen molar-refractivity contribution in [2.24, 2.45) is 0 Å². The summed E-state index contributed by atoms with van der Waals surface area (Å²) in [5.74, 6) is 0. The first-order chi connectivity index (χ1) is 25.3. The Kier molecular flexibility index (Phi) is 7.91. The van der Waals surface area contributed by atoms with E-state index in [4.69, 9.17) is 0 Å². The Labute approximate surface area is 299 Å². The van der Waals surface area contributed by atoms with Gasteiger partial charge in [-0.05, 0) is 83.1 Å². The zero-order valence-electron chi connectivity index (χ0n) is 28.7. The minimum Gasteiger partial charge on any atom is -0.333 e. The van der Waals surface area contributed by atoms with E-state index < -0.39 is 0 Å². The number of hydrogen-bond acceptors (Lipinski definition) is 1. The minimum atomic E-state index is 0.0655. The van der Waals surface area contributed by atoms with Crippen LogP contribution in [0.2, 0.25) is 0 Å². The number of rotatable bonds is 7. The molecule has 51 heavy (non-hydrogen) atoms. The van der Waals surface area contributed by atoms with Crippen molar-refractivity contribution in [3.05, 3.63) is 210 Å². The number of anilines is 2. The summed E-state index contributed by atoms with van der Waals surface area (Å²) in [6.07, 6.45) is 7.67. The molecule has 1 unspecified atom stereocenters. The zero-order valence-corrected chi connectivity index (χ0v) is 28.7. The third-order valence-electron chi connectivity index (χ3n) is 10.3. The van der Waals surface area contributed by atoms with Gasteiger partial charge in [0, 0.05) is 33.4 Å². The normalized spacial score (nSPS) is 14.1. The Hall–Kier alpha value is -6.38. The highest BCUT2D eigenvalue weighted by Gasteiger charge is 2.31. The summed E-state index contributed by atoms with van der Waals surface area (Å²) in [5, 5.41) is 2.51. The van der Waals surface area contributed by atoms with Crippen molar-refractivity contribution in [1.82, 2.24) is 4.57 Å². The fraction of sp³-hybridized carbons (Fsp3) is 0.0612. The maximum absolute atomic E-state index is 2.60. The molecule has 0 radical (unpaired) electrons. The topological polar surface area (TPSA) is 8.17 Å². The van der Waals surface area contributed by atoms with Crippen LogP contribution in [0.4, 0.5) is 11.4 Å². The van der Waals surface area contributed by atoms with Crippen molar-refractivity contribution >= 4 is 44.8 Å². The molecular weight excluding hydrogens is 617 g/mol. The Bertz CT molecular complexity index is 2570. The van der Waals surface area contributed by atoms with E-state index in [-0.39, 0.29) is 6.04 Å². The standard InChI is InChI=1S/C49H38N2/c1-2-17-35-20-9-10-23-39(35)42-32-33-48(43-26-12-11-25-41(42)43)51(46-28-15-13-24-40(46)36-18-5-3-6-19-36)38-30-31-45-44-27-14-16-29-47(44)50(49(45)34-38)37-21-7-4-8-22-37/h2-32,34,48H,33H2,1H3/b17-2-. The van der Waals surface area contributed by atoms with Gasteiger partial charge in [-0.1, -0.05) is 158 Å². The third kappa shape index (κ3) is 5.37. The molecular formula is C49H38N2. The van der Waals surface area contributed by atoms with Gasteiger partial charge in [-0.2, -0.15) is 0 Å². The number of hydrogen-bond donors (Lipinski definition) is 0. The molecule has 0 saturated heterocycles. The summed E-state index contributed by atoms with van der Waals surface area (Å²) in [7, 11) is 0. The molecule has 1 aliphatic rings. The molecule has 1 aromatic heterocycles. The number of benzene rings is 7. The van der Waals surface area contributed by atoms with E-state index in [1.165, 1.54) is 66.4 Å². The van der Waals surface area contributed by atoms with Gasteiger partial charge in [-0.25, -0.2) is 0 Å². The number of para-hydroxylation sites is 3. The number of allylic oxidation sites excluding steroid dienone is 1. The maximum atomic E-state index is 2.60. The molecule has 1 atom stereocenters. The summed E-state index contributed by atoms with van der Waals surface area (Å²) < 4.78 is 2.42. The van der Waals surface area contributed by atoms with Crippen LogP contribution in [0.15, 0.2) is 188 Å². The van der Waals surface area contributed by atoms with Gasteiger partial charge in [-0.3, -0.25) is 0 Å². The van der Waals surface area contributed by atoms with Crippen molar-refractivity contribution in [2.45, 2.75) is 19.4 Å². The van der Waals surface area contributed by atoms with Gasteiger partial charge < -0.3 is 9.47 Å². The highest BCUT2D eigenvalue weighted by atomic mass is 15.2. The molecule has 0 spiro atoms. The molecule has 9 rings (SSSR count). The summed E-state index contributed by atoms with van der Waals surface area (Å²) >= 11 is 0. The summed E-state index contributed by atoms with van der Waals surface area (Å²) in [6.45, 7) is 2.09. The van der Waals surface area contributed by atoms with E-state index >= 15 is 0 Å². The van der Waals surface area contributed by atoms with Crippen molar-refractivity contribution in [1.29, 1.82) is 0 Å². The van der Waals surface area contributed by atoms with Gasteiger partial charge in [0.2, 0.25) is 0 Å². The second-order valence-electron chi connectivity index (χ2n) is 13.2. The SMILES string of the molecule is C/C=C\c1ccccc1C1=CCC(N(c2ccc3c4ccccc4n(-c4ccccc4)c3c2)c2ccccc2-c2ccccc2)c2ccccc21. The maximum Gasteiger partial charge on any atom is 0.0632 e. The first-order valence-electron chi connectivity index (χ1n) is 17.8. The fourth-order valence-electron chi connectivity index (χ4n) is 8.06. The van der Waals surface area contributed by atoms with Gasteiger partial charge in [0.15, 0.2) is 0 Å². The Morgan fingerprint density at radius 2 is 1.22 bits per heavy atom. The highest BCUT2D eigenvalue weighted by molar-refractivity contribution is 6.10. The van der Waals surface area contributed by atoms with E-state index in [0.29, 0.717) is 0 Å². The average Bonchev–Trinajstić information content (AvgIpc) is 3.53. The molecule has 244 valence electrons. The van der Waals surface area contributed by atoms with Gasteiger partial charge in [0.1, 0.15) is 0 Å². The van der Waals surface area contributed by atoms with Crippen LogP contribution in [-0.4, -0.2) is 4.57 Å². The molecule has 7 aromatic carbocycles. The molecule has 1 aliphatic carbocycles. The molecule has 0 saturated carbocycles. The Morgan fingerprint density at radius 1 is 0.569 bits per heavy atom. The minimum absolute atomic E-state index is 0.0655.